The van der Waals surface area contributed by atoms with Gasteiger partial charge in [0.1, 0.15) is 0 Å². The van der Waals surface area contributed by atoms with Crippen LogP contribution in [-0.2, 0) is 6.42 Å². The van der Waals surface area contributed by atoms with Crippen molar-refractivity contribution in [2.45, 2.75) is 53.1 Å². The Morgan fingerprint density at radius 1 is 1.11 bits per heavy atom. The molecule has 0 aliphatic rings. The van der Waals surface area contributed by atoms with Crippen LogP contribution in [0, 0.1) is 6.92 Å². The van der Waals surface area contributed by atoms with E-state index >= 15 is 0 Å². The Labute approximate surface area is 116 Å². The summed E-state index contributed by atoms with van der Waals surface area (Å²) in [6.07, 6.45) is 3.29. The summed E-state index contributed by atoms with van der Waals surface area (Å²) in [5, 5.41) is 1.41. The molecule has 0 bridgehead atoms. The average molecular weight is 258 g/mol. The summed E-state index contributed by atoms with van der Waals surface area (Å²) < 4.78 is 0. The Hall–Kier alpha value is -1.28. The fourth-order valence-corrected chi connectivity index (χ4v) is 3.01. The molecule has 1 aromatic carbocycles. The van der Waals surface area contributed by atoms with Gasteiger partial charge < -0.3 is 4.98 Å². The first-order valence-corrected chi connectivity index (χ1v) is 7.32. The molecular formula is C17H26N2. The molecule has 0 amide bonds. The van der Waals surface area contributed by atoms with E-state index in [0.29, 0.717) is 12.1 Å². The maximum absolute atomic E-state index is 3.39. The summed E-state index contributed by atoms with van der Waals surface area (Å²) in [5.41, 5.74) is 4.07. The number of hydrogen-bond donors (Lipinski definition) is 1. The van der Waals surface area contributed by atoms with Crippen LogP contribution in [-0.4, -0.2) is 28.5 Å². The number of aromatic amines is 1. The highest BCUT2D eigenvalue weighted by Crippen LogP contribution is 2.23. The predicted octanol–water partition coefficient (Wildman–Crippen LogP) is 4.14. The third kappa shape index (κ3) is 3.01. The van der Waals surface area contributed by atoms with E-state index in [-0.39, 0.29) is 0 Å². The lowest BCUT2D eigenvalue weighted by Crippen LogP contribution is -2.38. The van der Waals surface area contributed by atoms with Gasteiger partial charge in [0.05, 0.1) is 0 Å². The van der Waals surface area contributed by atoms with E-state index in [2.05, 4.69) is 68.9 Å². The molecule has 104 valence electrons. The molecule has 0 atom stereocenters. The highest BCUT2D eigenvalue weighted by Gasteiger charge is 2.14. The van der Waals surface area contributed by atoms with Gasteiger partial charge in [-0.05, 0) is 58.2 Å². The van der Waals surface area contributed by atoms with Crippen molar-refractivity contribution in [3.8, 4) is 0 Å². The van der Waals surface area contributed by atoms with E-state index in [9.17, 15) is 0 Å². The van der Waals surface area contributed by atoms with Gasteiger partial charge in [-0.1, -0.05) is 12.1 Å². The molecule has 2 nitrogen and oxygen atoms in total. The summed E-state index contributed by atoms with van der Waals surface area (Å²) in [6, 6.07) is 7.68. The van der Waals surface area contributed by atoms with Crippen molar-refractivity contribution in [3.63, 3.8) is 0 Å². The summed E-state index contributed by atoms with van der Waals surface area (Å²) in [5.74, 6) is 0. The van der Waals surface area contributed by atoms with Crippen LogP contribution >= 0.6 is 0 Å². The van der Waals surface area contributed by atoms with Crippen LogP contribution in [0.5, 0.6) is 0 Å². The van der Waals surface area contributed by atoms with Crippen LogP contribution in [0.2, 0.25) is 0 Å². The predicted molar refractivity (Wildman–Crippen MR) is 83.7 cm³/mol. The minimum Gasteiger partial charge on any atom is -0.361 e. The van der Waals surface area contributed by atoms with Gasteiger partial charge in [-0.2, -0.15) is 0 Å². The minimum absolute atomic E-state index is 0.603. The van der Waals surface area contributed by atoms with Crippen molar-refractivity contribution >= 4 is 10.9 Å². The number of nitrogens with one attached hydrogen (secondary N) is 1. The number of benzene rings is 1. The first kappa shape index (κ1) is 14.1. The molecule has 0 fully saturated rings. The van der Waals surface area contributed by atoms with Crippen LogP contribution in [0.1, 0.15) is 38.8 Å². The molecule has 0 saturated heterocycles. The van der Waals surface area contributed by atoms with E-state index in [1.807, 2.05) is 0 Å². The maximum Gasteiger partial charge on any atom is 0.0459 e. The average Bonchev–Trinajstić information content (AvgIpc) is 2.73. The van der Waals surface area contributed by atoms with Crippen LogP contribution < -0.4 is 0 Å². The summed E-state index contributed by atoms with van der Waals surface area (Å²) in [6.45, 7) is 12.4. The normalized spacial score (nSPS) is 12.2. The smallest absolute Gasteiger partial charge is 0.0459 e. The summed E-state index contributed by atoms with van der Waals surface area (Å²) in [4.78, 5) is 5.95. The second kappa shape index (κ2) is 5.79. The van der Waals surface area contributed by atoms with Gasteiger partial charge in [-0.25, -0.2) is 0 Å². The maximum atomic E-state index is 3.39. The van der Waals surface area contributed by atoms with Crippen molar-refractivity contribution < 1.29 is 0 Å². The fraction of sp³-hybridized carbons (Fsp3) is 0.529. The molecule has 0 aliphatic heterocycles. The first-order chi connectivity index (χ1) is 9.00. The topological polar surface area (TPSA) is 19.0 Å². The van der Waals surface area contributed by atoms with E-state index in [0.717, 1.165) is 13.0 Å². The van der Waals surface area contributed by atoms with Crippen LogP contribution in [0.3, 0.4) is 0 Å². The SMILES string of the molecule is Cc1cccc2[nH]cc(CCN(C(C)C)C(C)C)c12. The van der Waals surface area contributed by atoms with Crippen LogP contribution in [0.25, 0.3) is 10.9 Å². The highest BCUT2D eigenvalue weighted by molar-refractivity contribution is 5.86. The molecule has 0 spiro atoms. The van der Waals surface area contributed by atoms with Crippen molar-refractivity contribution in [1.29, 1.82) is 0 Å². The number of aryl methyl sites for hydroxylation is 1. The highest BCUT2D eigenvalue weighted by atomic mass is 15.2. The zero-order valence-electron chi connectivity index (χ0n) is 12.8. The largest absolute Gasteiger partial charge is 0.361 e. The Morgan fingerprint density at radius 3 is 2.42 bits per heavy atom. The molecule has 2 heteroatoms. The lowest BCUT2D eigenvalue weighted by Gasteiger charge is -2.30. The number of nitrogens with zero attached hydrogens (tertiary/aromatic N) is 1. The van der Waals surface area contributed by atoms with E-state index in [1.54, 1.807) is 0 Å². The Kier molecular flexibility index (Phi) is 4.31. The molecule has 0 saturated carbocycles. The summed E-state index contributed by atoms with van der Waals surface area (Å²) in [7, 11) is 0. The second-order valence-corrected chi connectivity index (χ2v) is 5.99. The number of hydrogen-bond acceptors (Lipinski definition) is 1. The standard InChI is InChI=1S/C17H26N2/c1-12(2)19(13(3)4)10-9-15-11-18-16-8-6-7-14(5)17(15)16/h6-8,11-13,18H,9-10H2,1-5H3. The van der Waals surface area contributed by atoms with Crippen LogP contribution in [0.15, 0.2) is 24.4 Å². The van der Waals surface area contributed by atoms with Gasteiger partial charge in [-0.15, -0.1) is 0 Å². The van der Waals surface area contributed by atoms with Crippen molar-refractivity contribution in [2.75, 3.05) is 6.54 Å². The molecule has 1 aromatic heterocycles. The second-order valence-electron chi connectivity index (χ2n) is 5.99. The monoisotopic (exact) mass is 258 g/mol. The van der Waals surface area contributed by atoms with Crippen molar-refractivity contribution in [3.05, 3.63) is 35.5 Å². The number of rotatable bonds is 5. The molecule has 0 radical (unpaired) electrons. The molecule has 0 unspecified atom stereocenters. The molecule has 2 rings (SSSR count). The third-order valence-electron chi connectivity index (χ3n) is 3.96. The van der Waals surface area contributed by atoms with Gasteiger partial charge in [0, 0.05) is 35.7 Å². The van der Waals surface area contributed by atoms with Crippen molar-refractivity contribution in [2.24, 2.45) is 0 Å². The Balaban J connectivity index is 2.18. The zero-order chi connectivity index (χ0) is 14.0. The lowest BCUT2D eigenvalue weighted by molar-refractivity contribution is 0.177. The molecule has 0 aliphatic carbocycles. The Morgan fingerprint density at radius 2 is 1.79 bits per heavy atom. The molecule has 19 heavy (non-hydrogen) atoms. The summed E-state index contributed by atoms with van der Waals surface area (Å²) >= 11 is 0. The number of aromatic nitrogens is 1. The third-order valence-corrected chi connectivity index (χ3v) is 3.96. The first-order valence-electron chi connectivity index (χ1n) is 7.32. The number of fused-ring (bicyclic) bond motifs is 1. The fourth-order valence-electron chi connectivity index (χ4n) is 3.01. The Bertz CT molecular complexity index is 529. The van der Waals surface area contributed by atoms with Gasteiger partial charge in [0.2, 0.25) is 0 Å². The van der Waals surface area contributed by atoms with E-state index in [4.69, 9.17) is 0 Å². The van der Waals surface area contributed by atoms with Crippen molar-refractivity contribution in [1.82, 2.24) is 9.88 Å². The zero-order valence-corrected chi connectivity index (χ0v) is 12.8. The molecule has 2 aromatic rings. The van der Waals surface area contributed by atoms with Gasteiger partial charge in [-0.3, -0.25) is 4.90 Å². The van der Waals surface area contributed by atoms with E-state index in [1.165, 1.54) is 22.0 Å². The number of H-pyrrole nitrogens is 1. The van der Waals surface area contributed by atoms with Crippen LogP contribution in [0.4, 0.5) is 0 Å². The van der Waals surface area contributed by atoms with Gasteiger partial charge in [0.15, 0.2) is 0 Å². The quantitative estimate of drug-likeness (QED) is 0.854. The lowest BCUT2D eigenvalue weighted by atomic mass is 10.0. The minimum atomic E-state index is 0.603. The molecular weight excluding hydrogens is 232 g/mol. The molecule has 1 N–H and O–H groups in total. The van der Waals surface area contributed by atoms with Gasteiger partial charge in [0.25, 0.3) is 0 Å². The van der Waals surface area contributed by atoms with E-state index < -0.39 is 0 Å². The molecule has 1 heterocycles. The van der Waals surface area contributed by atoms with Gasteiger partial charge >= 0.3 is 0 Å².